The molecule has 4 rings (SSSR count). The number of anilines is 1. The van der Waals surface area contributed by atoms with Crippen LogP contribution in [-0.4, -0.2) is 19.0 Å². The van der Waals surface area contributed by atoms with Crippen LogP contribution < -0.4 is 5.32 Å². The first kappa shape index (κ1) is 21.2. The molecule has 2 aromatic carbocycles. The van der Waals surface area contributed by atoms with Crippen LogP contribution in [0.5, 0.6) is 0 Å². The predicted molar refractivity (Wildman–Crippen MR) is 123 cm³/mol. The van der Waals surface area contributed by atoms with Crippen LogP contribution in [0.1, 0.15) is 20.9 Å². The molecule has 5 nitrogen and oxygen atoms in total. The van der Waals surface area contributed by atoms with Crippen molar-refractivity contribution in [3.8, 4) is 22.5 Å². The van der Waals surface area contributed by atoms with Gasteiger partial charge in [0.15, 0.2) is 5.76 Å². The maximum atomic E-state index is 12.8. The first-order chi connectivity index (χ1) is 15.0. The summed E-state index contributed by atoms with van der Waals surface area (Å²) in [4.78, 5) is 25.2. The second-order valence-electron chi connectivity index (χ2n) is 6.46. The van der Waals surface area contributed by atoms with Crippen LogP contribution in [0.25, 0.3) is 22.5 Å². The molecule has 0 saturated heterocycles. The van der Waals surface area contributed by atoms with Gasteiger partial charge in [0.05, 0.1) is 17.2 Å². The molecule has 8 heteroatoms. The maximum absolute atomic E-state index is 12.8. The molecule has 0 aliphatic rings. The number of hydrogen-bond donors (Lipinski definition) is 1. The number of ether oxygens (including phenoxy) is 1. The zero-order chi connectivity index (χ0) is 22.0. The van der Waals surface area contributed by atoms with Crippen LogP contribution >= 0.6 is 34.5 Å². The number of carbonyl (C=O) groups excluding carboxylic acids is 2. The molecule has 0 fully saturated rings. The van der Waals surface area contributed by atoms with E-state index >= 15 is 0 Å². The average molecular weight is 472 g/mol. The van der Waals surface area contributed by atoms with E-state index < -0.39 is 11.9 Å². The van der Waals surface area contributed by atoms with Crippen molar-refractivity contribution in [2.75, 3.05) is 12.4 Å². The van der Waals surface area contributed by atoms with Crippen LogP contribution in [0.3, 0.4) is 0 Å². The van der Waals surface area contributed by atoms with Gasteiger partial charge in [-0.3, -0.25) is 4.79 Å². The maximum Gasteiger partial charge on any atom is 0.341 e. The molecular weight excluding hydrogens is 457 g/mol. The van der Waals surface area contributed by atoms with Crippen LogP contribution in [0.15, 0.2) is 70.5 Å². The Hall–Kier alpha value is -3.06. The van der Waals surface area contributed by atoms with Crippen molar-refractivity contribution in [1.29, 1.82) is 0 Å². The van der Waals surface area contributed by atoms with E-state index in [9.17, 15) is 9.59 Å². The molecule has 0 aliphatic heterocycles. The van der Waals surface area contributed by atoms with Crippen molar-refractivity contribution in [1.82, 2.24) is 0 Å². The Morgan fingerprint density at radius 3 is 2.45 bits per heavy atom. The fraction of sp³-hybridized carbons (Fsp3) is 0.0435. The monoisotopic (exact) mass is 471 g/mol. The summed E-state index contributed by atoms with van der Waals surface area (Å²) in [6.07, 6.45) is 0. The lowest BCUT2D eigenvalue weighted by Crippen LogP contribution is -2.13. The number of hydrogen-bond acceptors (Lipinski definition) is 5. The second kappa shape index (κ2) is 8.98. The standard InChI is InChI=1S/C23H15Cl2NO4S/c1-29-23(28)20-15(13-5-3-2-4-6-13)12-31-22(20)26-21(27)19-10-9-18(30-19)14-7-8-16(24)17(25)11-14/h2-12H,1H3,(H,26,27). The first-order valence-corrected chi connectivity index (χ1v) is 10.7. The van der Waals surface area contributed by atoms with Crippen LogP contribution in [0.4, 0.5) is 5.00 Å². The first-order valence-electron chi connectivity index (χ1n) is 9.09. The number of furan rings is 1. The van der Waals surface area contributed by atoms with Gasteiger partial charge in [0.1, 0.15) is 16.3 Å². The smallest absolute Gasteiger partial charge is 0.341 e. The number of halogens is 2. The fourth-order valence-corrected chi connectivity index (χ4v) is 4.26. The normalized spacial score (nSPS) is 10.7. The molecule has 31 heavy (non-hydrogen) atoms. The van der Waals surface area contributed by atoms with Gasteiger partial charge in [-0.2, -0.15) is 0 Å². The summed E-state index contributed by atoms with van der Waals surface area (Å²) in [5, 5.41) is 5.75. The lowest BCUT2D eigenvalue weighted by molar-refractivity contribution is 0.0603. The van der Waals surface area contributed by atoms with E-state index in [0.717, 1.165) is 5.56 Å². The summed E-state index contributed by atoms with van der Waals surface area (Å²) in [5.74, 6) is -0.469. The van der Waals surface area contributed by atoms with Crippen molar-refractivity contribution >= 4 is 51.4 Å². The van der Waals surface area contributed by atoms with Crippen molar-refractivity contribution < 1.29 is 18.7 Å². The van der Waals surface area contributed by atoms with E-state index in [1.54, 1.807) is 35.7 Å². The minimum absolute atomic E-state index is 0.0894. The summed E-state index contributed by atoms with van der Waals surface area (Å²) in [6, 6.07) is 17.7. The third-order valence-electron chi connectivity index (χ3n) is 4.53. The molecule has 2 heterocycles. The topological polar surface area (TPSA) is 68.5 Å². The minimum Gasteiger partial charge on any atom is -0.465 e. The van der Waals surface area contributed by atoms with E-state index in [4.69, 9.17) is 32.4 Å². The molecule has 0 atom stereocenters. The Labute approximate surface area is 192 Å². The molecule has 0 radical (unpaired) electrons. The molecule has 0 aliphatic carbocycles. The van der Waals surface area contributed by atoms with Gasteiger partial charge in [0.2, 0.25) is 0 Å². The van der Waals surface area contributed by atoms with Gasteiger partial charge in [0.25, 0.3) is 5.91 Å². The largest absolute Gasteiger partial charge is 0.465 e. The molecule has 2 aromatic heterocycles. The molecule has 0 unspecified atom stereocenters. The molecule has 0 bridgehead atoms. The Morgan fingerprint density at radius 2 is 1.74 bits per heavy atom. The highest BCUT2D eigenvalue weighted by Gasteiger charge is 2.23. The van der Waals surface area contributed by atoms with Crippen LogP contribution in [0.2, 0.25) is 10.0 Å². The summed E-state index contributed by atoms with van der Waals surface area (Å²) < 4.78 is 10.6. The van der Waals surface area contributed by atoms with E-state index in [1.807, 2.05) is 30.3 Å². The molecular formula is C23H15Cl2NO4S. The van der Waals surface area contributed by atoms with Crippen molar-refractivity contribution in [2.24, 2.45) is 0 Å². The number of thiophene rings is 1. The van der Waals surface area contributed by atoms with Crippen molar-refractivity contribution in [3.63, 3.8) is 0 Å². The Morgan fingerprint density at radius 1 is 0.968 bits per heavy atom. The molecule has 0 spiro atoms. The lowest BCUT2D eigenvalue weighted by Gasteiger charge is -2.07. The fourth-order valence-electron chi connectivity index (χ4n) is 3.01. The SMILES string of the molecule is COC(=O)c1c(-c2ccccc2)csc1NC(=O)c1ccc(-c2ccc(Cl)c(Cl)c2)o1. The van der Waals surface area contributed by atoms with Gasteiger partial charge in [-0.05, 0) is 35.9 Å². The predicted octanol–water partition coefficient (Wildman–Crippen LogP) is 7.02. The summed E-state index contributed by atoms with van der Waals surface area (Å²) in [6.45, 7) is 0. The molecule has 0 saturated carbocycles. The van der Waals surface area contributed by atoms with Gasteiger partial charge in [-0.1, -0.05) is 53.5 Å². The lowest BCUT2D eigenvalue weighted by atomic mass is 10.0. The van der Waals surface area contributed by atoms with Gasteiger partial charge in [0, 0.05) is 16.5 Å². The summed E-state index contributed by atoms with van der Waals surface area (Å²) in [5.41, 5.74) is 2.51. The molecule has 1 amide bonds. The van der Waals surface area contributed by atoms with Gasteiger partial charge in [-0.25, -0.2) is 4.79 Å². The quantitative estimate of drug-likeness (QED) is 0.317. The number of carbonyl (C=O) groups is 2. The van der Waals surface area contributed by atoms with E-state index in [0.29, 0.717) is 37.5 Å². The number of benzene rings is 2. The van der Waals surface area contributed by atoms with E-state index in [1.165, 1.54) is 18.4 Å². The third-order valence-corrected chi connectivity index (χ3v) is 6.16. The molecule has 156 valence electrons. The second-order valence-corrected chi connectivity index (χ2v) is 8.15. The Kier molecular flexibility index (Phi) is 6.13. The van der Waals surface area contributed by atoms with Gasteiger partial charge < -0.3 is 14.5 Å². The Balaban J connectivity index is 1.62. The average Bonchev–Trinajstić information content (AvgIpc) is 3.43. The number of nitrogens with one attached hydrogen (secondary N) is 1. The highest BCUT2D eigenvalue weighted by molar-refractivity contribution is 7.15. The zero-order valence-electron chi connectivity index (χ0n) is 16.1. The summed E-state index contributed by atoms with van der Waals surface area (Å²) >= 11 is 13.2. The van der Waals surface area contributed by atoms with Gasteiger partial charge >= 0.3 is 5.97 Å². The number of amides is 1. The Bertz CT molecular complexity index is 1260. The van der Waals surface area contributed by atoms with Crippen molar-refractivity contribution in [2.45, 2.75) is 0 Å². The summed E-state index contributed by atoms with van der Waals surface area (Å²) in [7, 11) is 1.30. The van der Waals surface area contributed by atoms with Crippen LogP contribution in [0, 0.1) is 0 Å². The van der Waals surface area contributed by atoms with E-state index in [-0.39, 0.29) is 5.76 Å². The zero-order valence-corrected chi connectivity index (χ0v) is 18.5. The minimum atomic E-state index is -0.536. The molecule has 1 N–H and O–H groups in total. The van der Waals surface area contributed by atoms with Crippen LogP contribution in [-0.2, 0) is 4.74 Å². The van der Waals surface area contributed by atoms with E-state index in [2.05, 4.69) is 5.32 Å². The van der Waals surface area contributed by atoms with Gasteiger partial charge in [-0.15, -0.1) is 11.3 Å². The number of methoxy groups -OCH3 is 1. The number of esters is 1. The number of rotatable bonds is 5. The third kappa shape index (κ3) is 4.37. The highest BCUT2D eigenvalue weighted by atomic mass is 35.5. The van der Waals surface area contributed by atoms with Crippen molar-refractivity contribution in [3.05, 3.63) is 87.4 Å². The molecule has 4 aromatic rings. The highest BCUT2D eigenvalue weighted by Crippen LogP contribution is 2.36.